The van der Waals surface area contributed by atoms with Crippen molar-refractivity contribution >= 4 is 5.91 Å². The number of carbonyl (C=O) groups excluding carboxylic acids is 1. The summed E-state index contributed by atoms with van der Waals surface area (Å²) >= 11 is 0. The molecule has 4 rings (SSSR count). The molecular formula is C32H40N2O4. The number of benzene rings is 3. The molecule has 0 unspecified atom stereocenters. The second-order valence-corrected chi connectivity index (χ2v) is 9.88. The van der Waals surface area contributed by atoms with Crippen LogP contribution in [0.3, 0.4) is 0 Å². The minimum absolute atomic E-state index is 0.119. The molecule has 0 atom stereocenters. The zero-order chi connectivity index (χ0) is 26.7. The number of nitrogens with zero attached hydrogens (tertiary/aromatic N) is 1. The van der Waals surface area contributed by atoms with Crippen LogP contribution in [0.4, 0.5) is 0 Å². The van der Waals surface area contributed by atoms with Gasteiger partial charge >= 0.3 is 0 Å². The van der Waals surface area contributed by atoms with Crippen molar-refractivity contribution in [1.29, 1.82) is 0 Å². The lowest BCUT2D eigenvalue weighted by Crippen LogP contribution is -2.25. The fourth-order valence-electron chi connectivity index (χ4n) is 4.97. The van der Waals surface area contributed by atoms with E-state index in [-0.39, 0.29) is 5.91 Å². The maximum Gasteiger partial charge on any atom is 0.251 e. The van der Waals surface area contributed by atoms with Crippen molar-refractivity contribution in [2.45, 2.75) is 52.1 Å². The molecule has 3 aromatic rings. The van der Waals surface area contributed by atoms with E-state index in [0.717, 1.165) is 55.8 Å². The van der Waals surface area contributed by atoms with Crippen molar-refractivity contribution < 1.29 is 19.0 Å². The third-order valence-electron chi connectivity index (χ3n) is 6.93. The standard InChI is InChI=1S/C32H40N2O4/c1-4-15-34-16-6-5-7-17-38-29-14-12-27(21-28(29)19-24-9-8-10-26(18-24)23-34)32(35)33-22-25-11-13-30(36-2)31(20-25)37-3/h8-14,18,20-21H,4-7,15-17,19,22-23H2,1-3H3,(H,33,35). The molecule has 0 spiro atoms. The first-order chi connectivity index (χ1) is 18.6. The highest BCUT2D eigenvalue weighted by atomic mass is 16.5. The molecule has 6 nitrogen and oxygen atoms in total. The third kappa shape index (κ3) is 7.51. The smallest absolute Gasteiger partial charge is 0.251 e. The number of hydrogen-bond donors (Lipinski definition) is 1. The van der Waals surface area contributed by atoms with Gasteiger partial charge in [-0.3, -0.25) is 9.69 Å². The third-order valence-corrected chi connectivity index (χ3v) is 6.93. The first-order valence-corrected chi connectivity index (χ1v) is 13.6. The molecule has 0 aliphatic carbocycles. The fourth-order valence-corrected chi connectivity index (χ4v) is 4.97. The lowest BCUT2D eigenvalue weighted by atomic mass is 9.99. The molecule has 1 N–H and O–H groups in total. The summed E-state index contributed by atoms with van der Waals surface area (Å²) in [4.78, 5) is 15.7. The van der Waals surface area contributed by atoms with Crippen molar-refractivity contribution in [2.24, 2.45) is 0 Å². The zero-order valence-electron chi connectivity index (χ0n) is 22.9. The van der Waals surface area contributed by atoms with E-state index in [2.05, 4.69) is 41.4 Å². The van der Waals surface area contributed by atoms with Crippen molar-refractivity contribution in [3.05, 3.63) is 88.5 Å². The van der Waals surface area contributed by atoms with E-state index in [0.29, 0.717) is 36.6 Å². The monoisotopic (exact) mass is 516 g/mol. The van der Waals surface area contributed by atoms with E-state index in [1.807, 2.05) is 36.4 Å². The van der Waals surface area contributed by atoms with Gasteiger partial charge in [0, 0.05) is 25.1 Å². The Morgan fingerprint density at radius 1 is 0.947 bits per heavy atom. The summed E-state index contributed by atoms with van der Waals surface area (Å²) in [5.74, 6) is 2.04. The minimum atomic E-state index is -0.119. The second-order valence-electron chi connectivity index (χ2n) is 9.88. The molecule has 0 aromatic heterocycles. The molecule has 38 heavy (non-hydrogen) atoms. The SMILES string of the molecule is CCCN1CCCCCOc2ccc(C(=O)NCc3ccc(OC)c(OC)c3)cc2Cc2cccc(c2)C1. The Hall–Kier alpha value is -3.51. The van der Waals surface area contributed by atoms with Crippen LogP contribution in [0.2, 0.25) is 0 Å². The average Bonchev–Trinajstić information content (AvgIpc) is 2.93. The Balaban J connectivity index is 1.52. The van der Waals surface area contributed by atoms with Crippen LogP contribution >= 0.6 is 0 Å². The van der Waals surface area contributed by atoms with Gasteiger partial charge in [0.15, 0.2) is 11.5 Å². The Kier molecular flexibility index (Phi) is 10.0. The van der Waals surface area contributed by atoms with Gasteiger partial charge in [-0.2, -0.15) is 0 Å². The molecule has 1 amide bonds. The van der Waals surface area contributed by atoms with E-state index in [9.17, 15) is 4.79 Å². The highest BCUT2D eigenvalue weighted by molar-refractivity contribution is 5.94. The summed E-state index contributed by atoms with van der Waals surface area (Å²) in [6.45, 7) is 6.54. The molecule has 202 valence electrons. The van der Waals surface area contributed by atoms with Crippen molar-refractivity contribution in [3.8, 4) is 17.2 Å². The molecule has 0 radical (unpaired) electrons. The van der Waals surface area contributed by atoms with E-state index >= 15 is 0 Å². The summed E-state index contributed by atoms with van der Waals surface area (Å²) in [5, 5.41) is 3.04. The predicted molar refractivity (Wildman–Crippen MR) is 151 cm³/mol. The van der Waals surface area contributed by atoms with Crippen LogP contribution in [0.5, 0.6) is 17.2 Å². The van der Waals surface area contributed by atoms with Gasteiger partial charge in [-0.15, -0.1) is 0 Å². The lowest BCUT2D eigenvalue weighted by molar-refractivity contribution is 0.0950. The van der Waals surface area contributed by atoms with Gasteiger partial charge in [0.2, 0.25) is 0 Å². The zero-order valence-corrected chi connectivity index (χ0v) is 22.9. The quantitative estimate of drug-likeness (QED) is 0.417. The molecule has 0 saturated carbocycles. The van der Waals surface area contributed by atoms with Crippen molar-refractivity contribution in [1.82, 2.24) is 10.2 Å². The molecule has 1 aliphatic rings. The Bertz CT molecular complexity index is 1210. The summed E-state index contributed by atoms with van der Waals surface area (Å²) < 4.78 is 16.9. The number of carbonyl (C=O) groups is 1. The highest BCUT2D eigenvalue weighted by Gasteiger charge is 2.14. The molecule has 0 saturated heterocycles. The molecule has 6 heteroatoms. The largest absolute Gasteiger partial charge is 0.493 e. The number of fused-ring (bicyclic) bond motifs is 3. The minimum Gasteiger partial charge on any atom is -0.493 e. The number of rotatable bonds is 7. The van der Waals surface area contributed by atoms with Gasteiger partial charge in [-0.1, -0.05) is 37.3 Å². The van der Waals surface area contributed by atoms with Gasteiger partial charge in [0.25, 0.3) is 5.91 Å². The number of nitrogens with one attached hydrogen (secondary N) is 1. The van der Waals surface area contributed by atoms with Crippen LogP contribution in [0, 0.1) is 0 Å². The molecular weight excluding hydrogens is 476 g/mol. The summed E-state index contributed by atoms with van der Waals surface area (Å²) in [5.41, 5.74) is 5.15. The van der Waals surface area contributed by atoms with Crippen molar-refractivity contribution in [3.63, 3.8) is 0 Å². The van der Waals surface area contributed by atoms with Gasteiger partial charge in [0.1, 0.15) is 5.75 Å². The van der Waals surface area contributed by atoms with Crippen LogP contribution in [-0.4, -0.2) is 44.7 Å². The number of hydrogen-bond acceptors (Lipinski definition) is 5. The lowest BCUT2D eigenvalue weighted by Gasteiger charge is -2.22. The first-order valence-electron chi connectivity index (χ1n) is 13.6. The predicted octanol–water partition coefficient (Wildman–Crippen LogP) is 6.00. The maximum absolute atomic E-state index is 13.1. The highest BCUT2D eigenvalue weighted by Crippen LogP contribution is 2.28. The number of amides is 1. The van der Waals surface area contributed by atoms with Gasteiger partial charge in [-0.05, 0) is 91.4 Å². The summed E-state index contributed by atoms with van der Waals surface area (Å²) in [6.07, 6.45) is 5.22. The Morgan fingerprint density at radius 3 is 2.61 bits per heavy atom. The molecule has 2 bridgehead atoms. The summed E-state index contributed by atoms with van der Waals surface area (Å²) in [7, 11) is 3.21. The molecule has 1 aliphatic heterocycles. The van der Waals surface area contributed by atoms with Gasteiger partial charge in [0.05, 0.1) is 20.8 Å². The normalized spacial score (nSPS) is 14.5. The van der Waals surface area contributed by atoms with E-state index in [4.69, 9.17) is 14.2 Å². The van der Waals surface area contributed by atoms with E-state index in [1.165, 1.54) is 17.5 Å². The summed E-state index contributed by atoms with van der Waals surface area (Å²) in [6, 6.07) is 20.2. The van der Waals surface area contributed by atoms with E-state index < -0.39 is 0 Å². The van der Waals surface area contributed by atoms with Crippen molar-refractivity contribution in [2.75, 3.05) is 33.9 Å². The van der Waals surface area contributed by atoms with Gasteiger partial charge < -0.3 is 19.5 Å². The Labute approximate surface area is 226 Å². The second kappa shape index (κ2) is 13.9. The molecule has 1 heterocycles. The Morgan fingerprint density at radius 2 is 1.79 bits per heavy atom. The molecule has 3 aromatic carbocycles. The number of ether oxygens (including phenoxy) is 3. The van der Waals surface area contributed by atoms with Gasteiger partial charge in [-0.25, -0.2) is 0 Å². The van der Waals surface area contributed by atoms with Crippen LogP contribution in [0.1, 0.15) is 65.2 Å². The fraction of sp³-hybridized carbons (Fsp3) is 0.406. The van der Waals surface area contributed by atoms with Crippen LogP contribution in [0.25, 0.3) is 0 Å². The van der Waals surface area contributed by atoms with Crippen LogP contribution < -0.4 is 19.5 Å². The van der Waals surface area contributed by atoms with E-state index in [1.54, 1.807) is 14.2 Å². The topological polar surface area (TPSA) is 60.0 Å². The molecule has 0 fully saturated rings. The maximum atomic E-state index is 13.1. The van der Waals surface area contributed by atoms with Crippen LogP contribution in [0.15, 0.2) is 60.7 Å². The van der Waals surface area contributed by atoms with Crippen LogP contribution in [-0.2, 0) is 19.5 Å². The first kappa shape index (κ1) is 27.5. The average molecular weight is 517 g/mol. The number of methoxy groups -OCH3 is 2.